The van der Waals surface area contributed by atoms with Crippen molar-refractivity contribution in [2.45, 2.75) is 28.2 Å². The molecule has 2 rings (SSSR count). The van der Waals surface area contributed by atoms with Crippen LogP contribution in [0.15, 0.2) is 58.3 Å². The van der Waals surface area contributed by atoms with E-state index in [0.717, 1.165) is 29.7 Å². The van der Waals surface area contributed by atoms with Crippen molar-refractivity contribution in [1.29, 1.82) is 0 Å². The van der Waals surface area contributed by atoms with Gasteiger partial charge in [0, 0.05) is 6.54 Å². The van der Waals surface area contributed by atoms with Crippen molar-refractivity contribution in [3.63, 3.8) is 0 Å². The molecule has 1 atom stereocenters. The molecule has 0 fully saturated rings. The number of hydrogen-bond acceptors (Lipinski definition) is 6. The van der Waals surface area contributed by atoms with Gasteiger partial charge in [0.25, 0.3) is 5.91 Å². The van der Waals surface area contributed by atoms with E-state index in [2.05, 4.69) is 0 Å². The van der Waals surface area contributed by atoms with Gasteiger partial charge in [-0.1, -0.05) is 24.3 Å². The highest BCUT2D eigenvalue weighted by Crippen LogP contribution is 2.35. The van der Waals surface area contributed by atoms with E-state index in [1.807, 2.05) is 0 Å². The summed E-state index contributed by atoms with van der Waals surface area (Å²) in [5.41, 5.74) is -2.18. The first kappa shape index (κ1) is 27.5. The lowest BCUT2D eigenvalue weighted by molar-refractivity contribution is -0.140. The van der Waals surface area contributed by atoms with Crippen molar-refractivity contribution in [1.82, 2.24) is 14.9 Å². The number of hydrogen-bond donors (Lipinski definition) is 4. The van der Waals surface area contributed by atoms with Gasteiger partial charge in [-0.15, -0.1) is 0 Å². The van der Waals surface area contributed by atoms with Crippen LogP contribution in [0, 0.1) is 0 Å². The zero-order valence-electron chi connectivity index (χ0n) is 16.5. The maximum absolute atomic E-state index is 13.2. The van der Waals surface area contributed by atoms with Crippen LogP contribution in [0.4, 0.5) is 26.3 Å². The highest BCUT2D eigenvalue weighted by molar-refractivity contribution is 7.90. The minimum absolute atomic E-state index is 0.437. The molecule has 2 aromatic rings. The number of halogens is 6. The van der Waals surface area contributed by atoms with E-state index in [4.69, 9.17) is 5.21 Å². The average molecular weight is 535 g/mol. The lowest BCUT2D eigenvalue weighted by Gasteiger charge is -2.20. The van der Waals surface area contributed by atoms with Crippen LogP contribution < -0.4 is 14.9 Å². The molecule has 0 saturated carbocycles. The zero-order valence-corrected chi connectivity index (χ0v) is 18.1. The van der Waals surface area contributed by atoms with E-state index >= 15 is 0 Å². The predicted molar refractivity (Wildman–Crippen MR) is 102 cm³/mol. The first-order valence-electron chi connectivity index (χ1n) is 8.79. The van der Waals surface area contributed by atoms with Crippen LogP contribution in [-0.2, 0) is 37.2 Å². The topological polar surface area (TPSA) is 142 Å². The monoisotopic (exact) mass is 535 g/mol. The van der Waals surface area contributed by atoms with Crippen molar-refractivity contribution in [2.24, 2.45) is 0 Å². The molecule has 1 amide bonds. The summed E-state index contributed by atoms with van der Waals surface area (Å²) in [6.07, 6.45) is -10.2. The summed E-state index contributed by atoms with van der Waals surface area (Å²) in [6.45, 7) is -1.27. The van der Waals surface area contributed by atoms with Gasteiger partial charge in [0.15, 0.2) is 0 Å². The molecule has 0 aromatic heterocycles. The fraction of sp³-hybridized carbons (Fsp3) is 0.235. The SMILES string of the molecule is O=C(NO)C(CNS(=O)(=O)c1ccccc1C(F)(F)F)NS(=O)(=O)c1ccccc1C(F)(F)F. The minimum atomic E-state index is -5.15. The van der Waals surface area contributed by atoms with Gasteiger partial charge in [-0.2, -0.15) is 31.1 Å². The Bertz CT molecular complexity index is 1260. The third-order valence-electron chi connectivity index (χ3n) is 4.17. The van der Waals surface area contributed by atoms with Crippen LogP contribution in [0.5, 0.6) is 0 Å². The second kappa shape index (κ2) is 9.87. The molecule has 1 unspecified atom stereocenters. The first-order chi connectivity index (χ1) is 15.5. The van der Waals surface area contributed by atoms with E-state index in [-0.39, 0.29) is 0 Å². The molecule has 2 aromatic carbocycles. The number of sulfonamides is 2. The van der Waals surface area contributed by atoms with E-state index in [1.54, 1.807) is 4.72 Å². The van der Waals surface area contributed by atoms with Gasteiger partial charge < -0.3 is 0 Å². The second-order valence-corrected chi connectivity index (χ2v) is 9.91. The molecule has 0 aliphatic carbocycles. The number of rotatable bonds is 8. The van der Waals surface area contributed by atoms with E-state index < -0.39 is 71.8 Å². The zero-order chi connectivity index (χ0) is 25.9. The van der Waals surface area contributed by atoms with Crippen molar-refractivity contribution < 1.29 is 53.2 Å². The van der Waals surface area contributed by atoms with Crippen molar-refractivity contribution in [3.05, 3.63) is 59.7 Å². The second-order valence-electron chi connectivity index (χ2n) is 6.49. The molecular formula is C17H15F6N3O6S2. The Labute approximate surface area is 188 Å². The summed E-state index contributed by atoms with van der Waals surface area (Å²) in [7, 11) is -10.2. The fourth-order valence-corrected chi connectivity index (χ4v) is 5.35. The smallest absolute Gasteiger partial charge is 0.289 e. The minimum Gasteiger partial charge on any atom is -0.289 e. The van der Waals surface area contributed by atoms with Crippen LogP contribution >= 0.6 is 0 Å². The predicted octanol–water partition coefficient (Wildman–Crippen LogP) is 1.86. The summed E-state index contributed by atoms with van der Waals surface area (Å²) in [5, 5.41) is 8.81. The summed E-state index contributed by atoms with van der Waals surface area (Å²) in [5.74, 6) is -1.61. The lowest BCUT2D eigenvalue weighted by Crippen LogP contribution is -2.52. The summed E-state index contributed by atoms with van der Waals surface area (Å²) < 4.78 is 132. The standard InChI is InChI=1S/C17H15F6N3O6S2/c18-16(19,20)10-5-1-3-7-13(10)33(29,30)24-9-12(15(27)25-28)26-34(31,32)14-8-4-2-6-11(14)17(21,22)23/h1-8,12,24,26,28H,9H2,(H,25,27). The maximum Gasteiger partial charge on any atom is 0.417 e. The van der Waals surface area contributed by atoms with Gasteiger partial charge in [0.1, 0.15) is 6.04 Å². The summed E-state index contributed by atoms with van der Waals surface area (Å²) in [4.78, 5) is 9.29. The Morgan fingerprint density at radius 3 is 1.62 bits per heavy atom. The lowest BCUT2D eigenvalue weighted by atomic mass is 10.2. The fourth-order valence-electron chi connectivity index (χ4n) is 2.66. The molecule has 0 saturated heterocycles. The molecule has 0 radical (unpaired) electrons. The third kappa shape index (κ3) is 6.44. The Hall–Kier alpha value is -2.73. The molecule has 9 nitrogen and oxygen atoms in total. The van der Waals surface area contributed by atoms with Crippen LogP contribution in [0.25, 0.3) is 0 Å². The molecule has 188 valence electrons. The van der Waals surface area contributed by atoms with Crippen LogP contribution in [0.3, 0.4) is 0 Å². The number of alkyl halides is 6. The molecule has 4 N–H and O–H groups in total. The van der Waals surface area contributed by atoms with Gasteiger partial charge in [-0.3, -0.25) is 10.0 Å². The summed E-state index contributed by atoms with van der Waals surface area (Å²) >= 11 is 0. The quantitative estimate of drug-likeness (QED) is 0.231. The molecule has 0 aliphatic rings. The van der Waals surface area contributed by atoms with Crippen molar-refractivity contribution >= 4 is 26.0 Å². The van der Waals surface area contributed by atoms with Crippen LogP contribution in [-0.4, -0.2) is 40.5 Å². The molecule has 0 spiro atoms. The molecule has 17 heteroatoms. The van der Waals surface area contributed by atoms with Gasteiger partial charge in [-0.25, -0.2) is 27.0 Å². The Kier molecular flexibility index (Phi) is 7.98. The highest BCUT2D eigenvalue weighted by Gasteiger charge is 2.39. The van der Waals surface area contributed by atoms with Crippen LogP contribution in [0.2, 0.25) is 0 Å². The average Bonchev–Trinajstić information content (AvgIpc) is 2.75. The highest BCUT2D eigenvalue weighted by atomic mass is 32.2. The number of nitrogens with one attached hydrogen (secondary N) is 3. The molecular weight excluding hydrogens is 520 g/mol. The van der Waals surface area contributed by atoms with E-state index in [9.17, 15) is 48.0 Å². The van der Waals surface area contributed by atoms with Gasteiger partial charge >= 0.3 is 12.4 Å². The Morgan fingerprint density at radius 2 is 1.21 bits per heavy atom. The molecule has 0 heterocycles. The third-order valence-corrected chi connectivity index (χ3v) is 7.18. The van der Waals surface area contributed by atoms with Gasteiger partial charge in [0.2, 0.25) is 20.0 Å². The first-order valence-corrected chi connectivity index (χ1v) is 11.8. The van der Waals surface area contributed by atoms with E-state index in [0.29, 0.717) is 24.3 Å². The van der Waals surface area contributed by atoms with Crippen LogP contribution in [0.1, 0.15) is 11.1 Å². The van der Waals surface area contributed by atoms with Crippen molar-refractivity contribution in [2.75, 3.05) is 6.54 Å². The molecule has 0 aliphatic heterocycles. The Balaban J connectivity index is 2.38. The number of carbonyl (C=O) groups excluding carboxylic acids is 1. The van der Waals surface area contributed by atoms with Gasteiger partial charge in [0.05, 0.1) is 20.9 Å². The maximum atomic E-state index is 13.2. The normalized spacial score (nSPS) is 14.0. The number of amides is 1. The Morgan fingerprint density at radius 1 is 0.794 bits per heavy atom. The largest absolute Gasteiger partial charge is 0.417 e. The van der Waals surface area contributed by atoms with E-state index in [1.165, 1.54) is 4.72 Å². The summed E-state index contributed by atoms with van der Waals surface area (Å²) in [6, 6.07) is 3.51. The molecule has 0 bridgehead atoms. The van der Waals surface area contributed by atoms with Gasteiger partial charge in [-0.05, 0) is 24.3 Å². The number of carbonyl (C=O) groups is 1. The van der Waals surface area contributed by atoms with Crippen molar-refractivity contribution in [3.8, 4) is 0 Å². The number of hydroxylamine groups is 1. The number of benzene rings is 2. The molecule has 34 heavy (non-hydrogen) atoms.